The first kappa shape index (κ1) is 18.3. The van der Waals surface area contributed by atoms with E-state index in [0.717, 1.165) is 21.8 Å². The van der Waals surface area contributed by atoms with Crippen molar-refractivity contribution < 1.29 is 4.79 Å². The van der Waals surface area contributed by atoms with Crippen molar-refractivity contribution in [2.75, 3.05) is 24.7 Å². The molecule has 0 spiro atoms. The number of rotatable bonds is 6. The van der Waals surface area contributed by atoms with E-state index in [1.54, 1.807) is 0 Å². The lowest BCUT2D eigenvalue weighted by Gasteiger charge is -2.33. The quantitative estimate of drug-likeness (QED) is 0.803. The van der Waals surface area contributed by atoms with Crippen molar-refractivity contribution in [3.63, 3.8) is 0 Å². The second-order valence-electron chi connectivity index (χ2n) is 6.68. The smallest absolute Gasteiger partial charge is 0.264 e. The summed E-state index contributed by atoms with van der Waals surface area (Å²) in [5, 5.41) is 1.94. The van der Waals surface area contributed by atoms with Gasteiger partial charge in [-0.25, -0.2) is 0 Å². The molecule has 0 radical (unpaired) electrons. The maximum absolute atomic E-state index is 13.0. The van der Waals surface area contributed by atoms with E-state index in [2.05, 4.69) is 25.7 Å². The van der Waals surface area contributed by atoms with Gasteiger partial charge >= 0.3 is 0 Å². The molecule has 130 valence electrons. The highest BCUT2D eigenvalue weighted by Crippen LogP contribution is 2.26. The highest BCUT2D eigenvalue weighted by molar-refractivity contribution is 7.12. The minimum atomic E-state index is 0.0818. The van der Waals surface area contributed by atoms with Gasteiger partial charge in [-0.3, -0.25) is 4.79 Å². The van der Waals surface area contributed by atoms with Crippen LogP contribution in [0.5, 0.6) is 0 Å². The minimum absolute atomic E-state index is 0.0818. The number of benzene rings is 1. The number of hydrogen-bond donors (Lipinski definition) is 1. The van der Waals surface area contributed by atoms with Gasteiger partial charge in [0.05, 0.1) is 4.88 Å². The summed E-state index contributed by atoms with van der Waals surface area (Å²) in [6, 6.07) is 9.82. The Bertz CT molecular complexity index is 680. The summed E-state index contributed by atoms with van der Waals surface area (Å²) in [5.74, 6) is 0.455. The first-order chi connectivity index (χ1) is 11.3. The fraction of sp³-hybridized carbons (Fsp3) is 0.421. The largest absolute Gasteiger partial charge is 0.399 e. The normalized spacial score (nSPS) is 12.2. The second-order valence-corrected chi connectivity index (χ2v) is 7.63. The lowest BCUT2D eigenvalue weighted by Crippen LogP contribution is -2.41. The van der Waals surface area contributed by atoms with Gasteiger partial charge in [0.2, 0.25) is 0 Å². The summed E-state index contributed by atoms with van der Waals surface area (Å²) in [7, 11) is 4.01. The van der Waals surface area contributed by atoms with Gasteiger partial charge in [-0.1, -0.05) is 19.9 Å². The Labute approximate surface area is 148 Å². The van der Waals surface area contributed by atoms with Crippen molar-refractivity contribution in [3.8, 4) is 0 Å². The summed E-state index contributed by atoms with van der Waals surface area (Å²) in [6.07, 6.45) is 0. The zero-order valence-electron chi connectivity index (χ0n) is 15.1. The van der Waals surface area contributed by atoms with Crippen LogP contribution in [0, 0.1) is 5.92 Å². The lowest BCUT2D eigenvalue weighted by atomic mass is 10.0. The third-order valence-electron chi connectivity index (χ3n) is 4.38. The summed E-state index contributed by atoms with van der Waals surface area (Å²) in [5.41, 5.74) is 8.86. The van der Waals surface area contributed by atoms with Crippen molar-refractivity contribution in [2.45, 2.75) is 33.4 Å². The van der Waals surface area contributed by atoms with Gasteiger partial charge < -0.3 is 15.5 Å². The third-order valence-corrected chi connectivity index (χ3v) is 5.23. The van der Waals surface area contributed by atoms with Crippen LogP contribution in [-0.2, 0) is 6.54 Å². The Morgan fingerprint density at radius 1 is 1.21 bits per heavy atom. The van der Waals surface area contributed by atoms with Crippen molar-refractivity contribution in [3.05, 3.63) is 46.2 Å². The first-order valence-corrected chi connectivity index (χ1v) is 9.09. The molecule has 0 aliphatic carbocycles. The van der Waals surface area contributed by atoms with Gasteiger partial charge in [0.1, 0.15) is 0 Å². The molecule has 1 aromatic heterocycles. The van der Waals surface area contributed by atoms with Crippen molar-refractivity contribution in [1.82, 2.24) is 4.90 Å². The Kier molecular flexibility index (Phi) is 5.89. The third kappa shape index (κ3) is 4.09. The maximum Gasteiger partial charge on any atom is 0.264 e. The predicted octanol–water partition coefficient (Wildman–Crippen LogP) is 4.08. The molecular formula is C19H27N3OS. The fourth-order valence-corrected chi connectivity index (χ4v) is 3.33. The Morgan fingerprint density at radius 2 is 1.92 bits per heavy atom. The standard InChI is InChI=1S/C19H27N3OS/c1-13(2)14(3)22(19(23)18-7-6-10-24-18)12-15-11-16(20)8-9-17(15)21(4)5/h6-11,13-14H,12,20H2,1-5H3/t14-/m1/s1. The molecule has 1 heterocycles. The number of hydrogen-bond acceptors (Lipinski definition) is 4. The number of nitrogen functional groups attached to an aromatic ring is 1. The van der Waals surface area contributed by atoms with Crippen molar-refractivity contribution >= 4 is 28.6 Å². The molecule has 0 unspecified atom stereocenters. The molecule has 2 rings (SSSR count). The van der Waals surface area contributed by atoms with E-state index in [0.29, 0.717) is 12.5 Å². The Morgan fingerprint density at radius 3 is 2.46 bits per heavy atom. The van der Waals surface area contributed by atoms with E-state index >= 15 is 0 Å². The van der Waals surface area contributed by atoms with Crippen LogP contribution in [0.15, 0.2) is 35.7 Å². The van der Waals surface area contributed by atoms with E-state index in [4.69, 9.17) is 5.73 Å². The molecule has 0 bridgehead atoms. The molecule has 0 aliphatic heterocycles. The number of amides is 1. The highest BCUT2D eigenvalue weighted by atomic mass is 32.1. The number of nitrogens with zero attached hydrogens (tertiary/aromatic N) is 2. The van der Waals surface area contributed by atoms with Crippen LogP contribution >= 0.6 is 11.3 Å². The van der Waals surface area contributed by atoms with Crippen molar-refractivity contribution in [1.29, 1.82) is 0 Å². The number of anilines is 2. The maximum atomic E-state index is 13.0. The Hall–Kier alpha value is -2.01. The minimum Gasteiger partial charge on any atom is -0.399 e. The molecule has 1 aromatic carbocycles. The van der Waals surface area contributed by atoms with E-state index in [-0.39, 0.29) is 11.9 Å². The van der Waals surface area contributed by atoms with Crippen LogP contribution < -0.4 is 10.6 Å². The summed E-state index contributed by atoms with van der Waals surface area (Å²) in [6.45, 7) is 6.95. The van der Waals surface area contributed by atoms with Crippen LogP contribution in [0.3, 0.4) is 0 Å². The summed E-state index contributed by atoms with van der Waals surface area (Å²) >= 11 is 1.49. The average Bonchev–Trinajstić information content (AvgIpc) is 3.05. The lowest BCUT2D eigenvalue weighted by molar-refractivity contribution is 0.0633. The molecule has 0 fully saturated rings. The molecule has 1 atom stereocenters. The number of thiophene rings is 1. The molecule has 5 heteroatoms. The van der Waals surface area contributed by atoms with Gasteiger partial charge in [-0.05, 0) is 48.1 Å². The fourth-order valence-electron chi connectivity index (χ4n) is 2.65. The van der Waals surface area contributed by atoms with E-state index < -0.39 is 0 Å². The number of nitrogens with two attached hydrogens (primary N) is 1. The SMILES string of the molecule is CC(C)[C@@H](C)N(Cc1cc(N)ccc1N(C)C)C(=O)c1cccs1. The molecule has 2 aromatic rings. The zero-order chi connectivity index (χ0) is 17.9. The Balaban J connectivity index is 2.39. The molecule has 24 heavy (non-hydrogen) atoms. The molecule has 0 saturated carbocycles. The summed E-state index contributed by atoms with van der Waals surface area (Å²) < 4.78 is 0. The molecule has 0 aliphatic rings. The number of carbonyl (C=O) groups excluding carboxylic acids is 1. The highest BCUT2D eigenvalue weighted by Gasteiger charge is 2.25. The van der Waals surface area contributed by atoms with Gasteiger partial charge in [-0.2, -0.15) is 0 Å². The van der Waals surface area contributed by atoms with E-state index in [1.807, 2.05) is 54.7 Å². The van der Waals surface area contributed by atoms with Gasteiger partial charge in [-0.15, -0.1) is 11.3 Å². The zero-order valence-corrected chi connectivity index (χ0v) is 15.9. The van der Waals surface area contributed by atoms with Crippen LogP contribution in [0.25, 0.3) is 0 Å². The van der Waals surface area contributed by atoms with Gasteiger partial charge in [0, 0.05) is 38.1 Å². The molecule has 0 saturated heterocycles. The monoisotopic (exact) mass is 345 g/mol. The van der Waals surface area contributed by atoms with Crippen LogP contribution in [0.1, 0.15) is 36.0 Å². The van der Waals surface area contributed by atoms with Gasteiger partial charge in [0.15, 0.2) is 0 Å². The van der Waals surface area contributed by atoms with Gasteiger partial charge in [0.25, 0.3) is 5.91 Å². The molecular weight excluding hydrogens is 318 g/mol. The topological polar surface area (TPSA) is 49.6 Å². The second kappa shape index (κ2) is 7.71. The van der Waals surface area contributed by atoms with Crippen LogP contribution in [0.2, 0.25) is 0 Å². The first-order valence-electron chi connectivity index (χ1n) is 8.21. The predicted molar refractivity (Wildman–Crippen MR) is 104 cm³/mol. The van der Waals surface area contributed by atoms with E-state index in [1.165, 1.54) is 11.3 Å². The molecule has 4 nitrogen and oxygen atoms in total. The molecule has 2 N–H and O–H groups in total. The van der Waals surface area contributed by atoms with E-state index in [9.17, 15) is 4.79 Å². The summed E-state index contributed by atoms with van der Waals surface area (Å²) in [4.78, 5) is 17.8. The average molecular weight is 346 g/mol. The molecule has 1 amide bonds. The number of carbonyl (C=O) groups is 1. The van der Waals surface area contributed by atoms with Crippen LogP contribution in [-0.4, -0.2) is 30.9 Å². The van der Waals surface area contributed by atoms with Crippen molar-refractivity contribution in [2.24, 2.45) is 5.92 Å². The van der Waals surface area contributed by atoms with Crippen LogP contribution in [0.4, 0.5) is 11.4 Å².